The molecule has 0 aliphatic carbocycles. The lowest BCUT2D eigenvalue weighted by Gasteiger charge is -2.14. The summed E-state index contributed by atoms with van der Waals surface area (Å²) in [6.07, 6.45) is 0.834. The van der Waals surface area contributed by atoms with Crippen LogP contribution in [0.15, 0.2) is 47.6 Å². The molecule has 0 radical (unpaired) electrons. The lowest BCUT2D eigenvalue weighted by atomic mass is 10.1. The zero-order valence-corrected chi connectivity index (χ0v) is 20.2. The molecule has 0 aliphatic heterocycles. The molecule has 1 heterocycles. The van der Waals surface area contributed by atoms with Gasteiger partial charge in [0, 0.05) is 17.8 Å². The first-order valence-corrected chi connectivity index (χ1v) is 11.7. The number of thioether (sulfide) groups is 1. The second-order valence-electron chi connectivity index (χ2n) is 7.07. The van der Waals surface area contributed by atoms with Gasteiger partial charge in [0.1, 0.15) is 0 Å². The van der Waals surface area contributed by atoms with Gasteiger partial charge in [0.05, 0.1) is 22.4 Å². The van der Waals surface area contributed by atoms with Crippen molar-refractivity contribution in [1.29, 1.82) is 0 Å². The molecule has 1 atom stereocenters. The molecule has 2 aromatic carbocycles. The number of amides is 2. The summed E-state index contributed by atoms with van der Waals surface area (Å²) in [5.41, 5.74) is 2.22. The SMILES string of the molecule is CCc1ccccc1NC(=O)CSc1nnc(C(C)NC(=O)c2ccc(Cl)cc2Cl)n1C. The van der Waals surface area contributed by atoms with E-state index in [-0.39, 0.29) is 22.6 Å². The van der Waals surface area contributed by atoms with Gasteiger partial charge in [-0.2, -0.15) is 0 Å². The first-order chi connectivity index (χ1) is 15.3. The Labute approximate surface area is 200 Å². The van der Waals surface area contributed by atoms with Gasteiger partial charge >= 0.3 is 0 Å². The Morgan fingerprint density at radius 3 is 2.62 bits per heavy atom. The first-order valence-electron chi connectivity index (χ1n) is 9.95. The van der Waals surface area contributed by atoms with Crippen LogP contribution in [0.4, 0.5) is 5.69 Å². The Bertz CT molecular complexity index is 1140. The van der Waals surface area contributed by atoms with Crippen molar-refractivity contribution in [2.24, 2.45) is 7.05 Å². The smallest absolute Gasteiger partial charge is 0.253 e. The van der Waals surface area contributed by atoms with Gasteiger partial charge in [0.2, 0.25) is 5.91 Å². The average Bonchev–Trinajstić information content (AvgIpc) is 3.13. The zero-order chi connectivity index (χ0) is 23.3. The molecule has 1 aromatic heterocycles. The van der Waals surface area contributed by atoms with E-state index in [0.717, 1.165) is 17.7 Å². The Kier molecular flexibility index (Phi) is 8.17. The number of benzene rings is 2. The molecule has 3 aromatic rings. The third-order valence-corrected chi connectivity index (χ3v) is 6.35. The summed E-state index contributed by atoms with van der Waals surface area (Å²) in [6.45, 7) is 3.84. The number of hydrogen-bond acceptors (Lipinski definition) is 5. The molecule has 32 heavy (non-hydrogen) atoms. The summed E-state index contributed by atoms with van der Waals surface area (Å²) in [6, 6.07) is 12.0. The van der Waals surface area contributed by atoms with E-state index in [1.165, 1.54) is 17.8 Å². The Morgan fingerprint density at radius 1 is 1.16 bits per heavy atom. The molecular weight excluding hydrogens is 469 g/mol. The van der Waals surface area contributed by atoms with Gasteiger partial charge in [-0.15, -0.1) is 10.2 Å². The Hall–Kier alpha value is -2.55. The fourth-order valence-corrected chi connectivity index (χ4v) is 4.32. The number of aryl methyl sites for hydroxylation is 1. The van der Waals surface area contributed by atoms with Crippen LogP contribution in [0.1, 0.15) is 41.6 Å². The monoisotopic (exact) mass is 491 g/mol. The van der Waals surface area contributed by atoms with Crippen molar-refractivity contribution in [2.45, 2.75) is 31.5 Å². The molecule has 2 N–H and O–H groups in total. The van der Waals surface area contributed by atoms with Crippen molar-refractivity contribution in [3.63, 3.8) is 0 Å². The second kappa shape index (κ2) is 10.8. The summed E-state index contributed by atoms with van der Waals surface area (Å²) >= 11 is 13.3. The van der Waals surface area contributed by atoms with Crippen LogP contribution < -0.4 is 10.6 Å². The molecule has 0 saturated heterocycles. The number of anilines is 1. The van der Waals surface area contributed by atoms with Crippen molar-refractivity contribution in [2.75, 3.05) is 11.1 Å². The molecule has 0 saturated carbocycles. The highest BCUT2D eigenvalue weighted by Gasteiger charge is 2.20. The van der Waals surface area contributed by atoms with Gasteiger partial charge in [-0.05, 0) is 43.2 Å². The highest BCUT2D eigenvalue weighted by atomic mass is 35.5. The molecule has 168 valence electrons. The van der Waals surface area contributed by atoms with Gasteiger partial charge in [-0.3, -0.25) is 9.59 Å². The van der Waals surface area contributed by atoms with Gasteiger partial charge in [0.15, 0.2) is 11.0 Å². The van der Waals surface area contributed by atoms with Gasteiger partial charge in [-0.1, -0.05) is 60.1 Å². The topological polar surface area (TPSA) is 88.9 Å². The molecule has 0 bridgehead atoms. The molecule has 0 fully saturated rings. The van der Waals surface area contributed by atoms with Crippen LogP contribution >= 0.6 is 35.0 Å². The normalized spacial score (nSPS) is 11.8. The van der Waals surface area contributed by atoms with Crippen LogP contribution in [0.2, 0.25) is 10.0 Å². The van der Waals surface area contributed by atoms with Crippen molar-refractivity contribution < 1.29 is 9.59 Å². The molecule has 7 nitrogen and oxygen atoms in total. The van der Waals surface area contributed by atoms with Crippen molar-refractivity contribution in [3.8, 4) is 0 Å². The van der Waals surface area contributed by atoms with Gasteiger partial charge < -0.3 is 15.2 Å². The zero-order valence-electron chi connectivity index (χ0n) is 17.9. The number of carbonyl (C=O) groups is 2. The quantitative estimate of drug-likeness (QED) is 0.437. The predicted octanol–water partition coefficient (Wildman–Crippen LogP) is 4.91. The second-order valence-corrected chi connectivity index (χ2v) is 8.85. The number of hydrogen-bond donors (Lipinski definition) is 2. The van der Waals surface area contributed by atoms with E-state index in [0.29, 0.717) is 21.6 Å². The molecule has 0 aliphatic rings. The van der Waals surface area contributed by atoms with Crippen LogP contribution in [0.5, 0.6) is 0 Å². The lowest BCUT2D eigenvalue weighted by Crippen LogP contribution is -2.28. The van der Waals surface area contributed by atoms with Crippen molar-refractivity contribution in [1.82, 2.24) is 20.1 Å². The molecule has 0 spiro atoms. The minimum atomic E-state index is -0.425. The summed E-state index contributed by atoms with van der Waals surface area (Å²) in [4.78, 5) is 25.0. The van der Waals surface area contributed by atoms with E-state index in [2.05, 4.69) is 20.8 Å². The highest BCUT2D eigenvalue weighted by molar-refractivity contribution is 7.99. The van der Waals surface area contributed by atoms with Gasteiger partial charge in [-0.25, -0.2) is 0 Å². The largest absolute Gasteiger partial charge is 0.342 e. The van der Waals surface area contributed by atoms with E-state index >= 15 is 0 Å². The van der Waals surface area contributed by atoms with Crippen LogP contribution in [-0.2, 0) is 18.3 Å². The van der Waals surface area contributed by atoms with Crippen LogP contribution in [-0.4, -0.2) is 32.3 Å². The first kappa shape index (κ1) is 24.1. The summed E-state index contributed by atoms with van der Waals surface area (Å²) in [7, 11) is 1.79. The van der Waals surface area contributed by atoms with E-state index < -0.39 is 6.04 Å². The third-order valence-electron chi connectivity index (χ3n) is 4.78. The van der Waals surface area contributed by atoms with Gasteiger partial charge in [0.25, 0.3) is 5.91 Å². The maximum Gasteiger partial charge on any atom is 0.253 e. The van der Waals surface area contributed by atoms with Crippen LogP contribution in [0.3, 0.4) is 0 Å². The Balaban J connectivity index is 1.60. The van der Waals surface area contributed by atoms with Crippen molar-refractivity contribution in [3.05, 3.63) is 69.5 Å². The maximum absolute atomic E-state index is 12.6. The Morgan fingerprint density at radius 2 is 1.91 bits per heavy atom. The number of halogens is 2. The minimum Gasteiger partial charge on any atom is -0.342 e. The minimum absolute atomic E-state index is 0.126. The maximum atomic E-state index is 12.6. The fraction of sp³-hybridized carbons (Fsp3) is 0.273. The van der Waals surface area contributed by atoms with Crippen LogP contribution in [0, 0.1) is 0 Å². The number of nitrogens with zero attached hydrogens (tertiary/aromatic N) is 3. The van der Waals surface area contributed by atoms with E-state index in [1.54, 1.807) is 30.7 Å². The molecule has 2 amide bonds. The molecular formula is C22H23Cl2N5O2S. The molecule has 10 heteroatoms. The highest BCUT2D eigenvalue weighted by Crippen LogP contribution is 2.23. The number of para-hydroxylation sites is 1. The van der Waals surface area contributed by atoms with E-state index in [4.69, 9.17) is 23.2 Å². The van der Waals surface area contributed by atoms with E-state index in [9.17, 15) is 9.59 Å². The summed E-state index contributed by atoms with van der Waals surface area (Å²) in [5, 5.41) is 15.4. The van der Waals surface area contributed by atoms with E-state index in [1.807, 2.05) is 31.2 Å². The van der Waals surface area contributed by atoms with Crippen molar-refractivity contribution >= 4 is 52.5 Å². The lowest BCUT2D eigenvalue weighted by molar-refractivity contribution is -0.113. The third kappa shape index (κ3) is 5.82. The standard InChI is InChI=1S/C22H23Cl2N5O2S/c1-4-14-7-5-6-8-18(14)26-19(30)12-32-22-28-27-20(29(22)3)13(2)25-21(31)16-10-9-15(23)11-17(16)24/h5-11,13H,4,12H2,1-3H3,(H,25,31)(H,26,30). The predicted molar refractivity (Wildman–Crippen MR) is 129 cm³/mol. The number of carbonyl (C=O) groups excluding carboxylic acids is 2. The van der Waals surface area contributed by atoms with Crippen LogP contribution in [0.25, 0.3) is 0 Å². The number of aromatic nitrogens is 3. The molecule has 3 rings (SSSR count). The molecule has 1 unspecified atom stereocenters. The summed E-state index contributed by atoms with van der Waals surface area (Å²) < 4.78 is 1.76. The number of nitrogens with one attached hydrogen (secondary N) is 2. The fourth-order valence-electron chi connectivity index (χ4n) is 3.11. The number of rotatable bonds is 8. The summed E-state index contributed by atoms with van der Waals surface area (Å²) in [5.74, 6) is 0.276. The average molecular weight is 492 g/mol.